The third-order valence-corrected chi connectivity index (χ3v) is 2.63. The molecular weight excluding hydrogens is 256 g/mol. The van der Waals surface area contributed by atoms with Gasteiger partial charge in [-0.05, 0) is 12.3 Å². The van der Waals surface area contributed by atoms with Crippen LogP contribution in [0.1, 0.15) is 33.0 Å². The van der Waals surface area contributed by atoms with Crippen molar-refractivity contribution in [2.45, 2.75) is 33.6 Å². The SMILES string of the molecule is CCCc1nc(NCC(C)C)c(N)c(OCCOC)n1. The molecule has 1 aromatic rings. The fourth-order valence-corrected chi connectivity index (χ4v) is 1.60. The average molecular weight is 282 g/mol. The first-order valence-corrected chi connectivity index (χ1v) is 7.10. The number of anilines is 2. The van der Waals surface area contributed by atoms with E-state index in [0.717, 1.165) is 25.2 Å². The van der Waals surface area contributed by atoms with Crippen LogP contribution in [0.4, 0.5) is 11.5 Å². The molecule has 0 aliphatic rings. The first kappa shape index (κ1) is 16.5. The van der Waals surface area contributed by atoms with E-state index in [2.05, 4.69) is 36.1 Å². The predicted octanol–water partition coefficient (Wildman–Crippen LogP) is 2.10. The van der Waals surface area contributed by atoms with Crippen molar-refractivity contribution in [2.24, 2.45) is 5.92 Å². The van der Waals surface area contributed by atoms with Gasteiger partial charge in [0.1, 0.15) is 18.1 Å². The number of hydrogen-bond acceptors (Lipinski definition) is 6. The van der Waals surface area contributed by atoms with Gasteiger partial charge in [0.05, 0.1) is 6.61 Å². The van der Waals surface area contributed by atoms with Crippen LogP contribution in [-0.4, -0.2) is 36.8 Å². The minimum absolute atomic E-state index is 0.424. The summed E-state index contributed by atoms with van der Waals surface area (Å²) in [6, 6.07) is 0. The lowest BCUT2D eigenvalue weighted by Gasteiger charge is -2.15. The number of nitrogens with one attached hydrogen (secondary N) is 1. The smallest absolute Gasteiger partial charge is 0.242 e. The van der Waals surface area contributed by atoms with Crippen LogP contribution in [0.25, 0.3) is 0 Å². The van der Waals surface area contributed by atoms with Gasteiger partial charge in [-0.1, -0.05) is 20.8 Å². The molecule has 6 nitrogen and oxygen atoms in total. The first-order chi connectivity index (χ1) is 9.58. The number of nitrogens with zero attached hydrogens (tertiary/aromatic N) is 2. The Kier molecular flexibility index (Phi) is 7.08. The van der Waals surface area contributed by atoms with Crippen LogP contribution >= 0.6 is 0 Å². The van der Waals surface area contributed by atoms with Gasteiger partial charge in [0.25, 0.3) is 0 Å². The second-order valence-electron chi connectivity index (χ2n) is 5.07. The van der Waals surface area contributed by atoms with Gasteiger partial charge in [-0.2, -0.15) is 4.98 Å². The summed E-state index contributed by atoms with van der Waals surface area (Å²) in [5, 5.41) is 3.25. The van der Waals surface area contributed by atoms with E-state index in [9.17, 15) is 0 Å². The summed E-state index contributed by atoms with van der Waals surface area (Å²) in [5.41, 5.74) is 6.52. The van der Waals surface area contributed by atoms with Crippen LogP contribution in [0.5, 0.6) is 5.88 Å². The normalized spacial score (nSPS) is 10.8. The highest BCUT2D eigenvalue weighted by Crippen LogP contribution is 2.26. The summed E-state index contributed by atoms with van der Waals surface area (Å²) in [7, 11) is 1.63. The fraction of sp³-hybridized carbons (Fsp3) is 0.714. The molecule has 0 saturated carbocycles. The maximum atomic E-state index is 6.06. The molecule has 0 atom stereocenters. The van der Waals surface area contributed by atoms with Crippen LogP contribution in [0.2, 0.25) is 0 Å². The summed E-state index contributed by atoms with van der Waals surface area (Å²) in [6.45, 7) is 8.09. The molecule has 6 heteroatoms. The van der Waals surface area contributed by atoms with Gasteiger partial charge in [0.15, 0.2) is 5.82 Å². The molecule has 1 aromatic heterocycles. The third kappa shape index (κ3) is 5.21. The Bertz CT molecular complexity index is 410. The van der Waals surface area contributed by atoms with Gasteiger partial charge in [-0.3, -0.25) is 0 Å². The zero-order valence-corrected chi connectivity index (χ0v) is 12.9. The Labute approximate surface area is 121 Å². The molecule has 3 N–H and O–H groups in total. The Morgan fingerprint density at radius 3 is 2.60 bits per heavy atom. The number of rotatable bonds is 9. The lowest BCUT2D eigenvalue weighted by atomic mass is 10.2. The molecule has 0 unspecified atom stereocenters. The Balaban J connectivity index is 2.89. The lowest BCUT2D eigenvalue weighted by molar-refractivity contribution is 0.144. The monoisotopic (exact) mass is 282 g/mol. The van der Waals surface area contributed by atoms with Crippen molar-refractivity contribution in [2.75, 3.05) is 37.9 Å². The molecule has 1 heterocycles. The zero-order chi connectivity index (χ0) is 15.0. The Morgan fingerprint density at radius 2 is 2.00 bits per heavy atom. The van der Waals surface area contributed by atoms with Crippen LogP contribution in [0.15, 0.2) is 0 Å². The summed E-state index contributed by atoms with van der Waals surface area (Å²) >= 11 is 0. The molecule has 0 aliphatic carbocycles. The quantitative estimate of drug-likeness (QED) is 0.675. The van der Waals surface area contributed by atoms with Gasteiger partial charge in [-0.15, -0.1) is 0 Å². The average Bonchev–Trinajstić information content (AvgIpc) is 2.40. The van der Waals surface area contributed by atoms with Crippen molar-refractivity contribution in [1.82, 2.24) is 9.97 Å². The van der Waals surface area contributed by atoms with Crippen molar-refractivity contribution in [1.29, 1.82) is 0 Å². The Morgan fingerprint density at radius 1 is 1.25 bits per heavy atom. The van der Waals surface area contributed by atoms with Gasteiger partial charge >= 0.3 is 0 Å². The van der Waals surface area contributed by atoms with Gasteiger partial charge in [0.2, 0.25) is 5.88 Å². The van der Waals surface area contributed by atoms with Gasteiger partial charge in [-0.25, -0.2) is 4.98 Å². The van der Waals surface area contributed by atoms with Crippen LogP contribution in [-0.2, 0) is 11.2 Å². The first-order valence-electron chi connectivity index (χ1n) is 7.10. The molecule has 0 saturated heterocycles. The maximum Gasteiger partial charge on any atom is 0.242 e. The number of methoxy groups -OCH3 is 1. The predicted molar refractivity (Wildman–Crippen MR) is 81.1 cm³/mol. The lowest BCUT2D eigenvalue weighted by Crippen LogP contribution is -2.15. The van der Waals surface area contributed by atoms with Crippen molar-refractivity contribution in [3.63, 3.8) is 0 Å². The largest absolute Gasteiger partial charge is 0.474 e. The van der Waals surface area contributed by atoms with Crippen molar-refractivity contribution in [3.05, 3.63) is 5.82 Å². The zero-order valence-electron chi connectivity index (χ0n) is 12.9. The summed E-state index contributed by atoms with van der Waals surface area (Å²) in [6.07, 6.45) is 1.78. The molecule has 0 radical (unpaired) electrons. The van der Waals surface area contributed by atoms with E-state index in [4.69, 9.17) is 15.2 Å². The van der Waals surface area contributed by atoms with E-state index in [1.807, 2.05) is 0 Å². The second-order valence-corrected chi connectivity index (χ2v) is 5.07. The van der Waals surface area contributed by atoms with Crippen molar-refractivity contribution in [3.8, 4) is 5.88 Å². The minimum atomic E-state index is 0.424. The van der Waals surface area contributed by atoms with Crippen LogP contribution < -0.4 is 15.8 Å². The number of aryl methyl sites for hydroxylation is 1. The minimum Gasteiger partial charge on any atom is -0.474 e. The highest BCUT2D eigenvalue weighted by Gasteiger charge is 2.13. The highest BCUT2D eigenvalue weighted by atomic mass is 16.5. The van der Waals surface area contributed by atoms with Crippen molar-refractivity contribution >= 4 is 11.5 Å². The third-order valence-electron chi connectivity index (χ3n) is 2.63. The number of nitrogens with two attached hydrogens (primary N) is 1. The van der Waals surface area contributed by atoms with Gasteiger partial charge in [0, 0.05) is 20.1 Å². The van der Waals surface area contributed by atoms with E-state index in [1.165, 1.54) is 0 Å². The second kappa shape index (κ2) is 8.58. The highest BCUT2D eigenvalue weighted by molar-refractivity contribution is 5.66. The van der Waals surface area contributed by atoms with Crippen LogP contribution in [0, 0.1) is 5.92 Å². The number of aromatic nitrogens is 2. The van der Waals surface area contributed by atoms with E-state index in [1.54, 1.807) is 7.11 Å². The molecular formula is C14H26N4O2. The van der Waals surface area contributed by atoms with E-state index in [-0.39, 0.29) is 0 Å². The van der Waals surface area contributed by atoms with Crippen molar-refractivity contribution < 1.29 is 9.47 Å². The fourth-order valence-electron chi connectivity index (χ4n) is 1.60. The van der Waals surface area contributed by atoms with Crippen LogP contribution in [0.3, 0.4) is 0 Å². The Hall–Kier alpha value is -1.56. The maximum absolute atomic E-state index is 6.06. The molecule has 1 rings (SSSR count). The van der Waals surface area contributed by atoms with E-state index < -0.39 is 0 Å². The molecule has 0 aliphatic heterocycles. The number of nitrogen functional groups attached to an aromatic ring is 1. The van der Waals surface area contributed by atoms with E-state index >= 15 is 0 Å². The molecule has 0 fully saturated rings. The summed E-state index contributed by atoms with van der Waals surface area (Å²) in [5.74, 6) is 2.36. The topological polar surface area (TPSA) is 82.3 Å². The summed E-state index contributed by atoms with van der Waals surface area (Å²) < 4.78 is 10.5. The van der Waals surface area contributed by atoms with Gasteiger partial charge < -0.3 is 20.5 Å². The molecule has 20 heavy (non-hydrogen) atoms. The molecule has 0 bridgehead atoms. The standard InChI is InChI=1S/C14H26N4O2/c1-5-6-11-17-13(16-9-10(2)3)12(15)14(18-11)20-8-7-19-4/h10H,5-9,15H2,1-4H3,(H,16,17,18). The number of hydrogen-bond donors (Lipinski definition) is 2. The molecule has 0 aromatic carbocycles. The summed E-state index contributed by atoms with van der Waals surface area (Å²) in [4.78, 5) is 8.83. The molecule has 0 amide bonds. The van der Waals surface area contributed by atoms with E-state index in [0.29, 0.717) is 36.5 Å². The molecule has 114 valence electrons. The molecule has 0 spiro atoms. The number of ether oxygens (including phenoxy) is 2.